The van der Waals surface area contributed by atoms with E-state index in [0.29, 0.717) is 31.3 Å². The molecule has 7 heterocycles. The summed E-state index contributed by atoms with van der Waals surface area (Å²) in [7, 11) is 0. The molecule has 4 saturated carbocycles. The fourth-order valence-electron chi connectivity index (χ4n) is 15.8. The maximum Gasteiger partial charge on any atom is 0.315 e. The number of aromatic hydroxyl groups is 1. The highest BCUT2D eigenvalue weighted by Gasteiger charge is 2.67. The number of nitrogens with zero attached hydrogens (tertiary/aromatic N) is 3. The number of esters is 4. The summed E-state index contributed by atoms with van der Waals surface area (Å²) in [5.41, 5.74) is -1.78. The molecule has 4 bridgehead atoms. The summed E-state index contributed by atoms with van der Waals surface area (Å²) in [4.78, 5) is 56.8. The minimum atomic E-state index is -0.724. The van der Waals surface area contributed by atoms with E-state index in [9.17, 15) is 29.4 Å². The molecule has 2 aromatic carbocycles. The zero-order valence-electron chi connectivity index (χ0n) is 43.4. The number of rotatable bonds is 9. The lowest BCUT2D eigenvalue weighted by Gasteiger charge is -2.64. The molecule has 11 aliphatic rings. The molecule has 0 radical (unpaired) electrons. The average molecular weight is 982 g/mol. The fraction of sp³-hybridized carbons (Fsp3) is 0.759. The summed E-state index contributed by atoms with van der Waals surface area (Å²) in [6.07, 6.45) is 20.6. The van der Waals surface area contributed by atoms with Crippen LogP contribution in [0.25, 0.3) is 10.8 Å². The van der Waals surface area contributed by atoms with Gasteiger partial charge in [0.05, 0.1) is 30.0 Å². The normalized spacial score (nSPS) is 40.4. The van der Waals surface area contributed by atoms with Crippen molar-refractivity contribution in [2.75, 3.05) is 65.5 Å². The Labute approximate surface area is 422 Å². The molecule has 71 heavy (non-hydrogen) atoms. The molecule has 2 N–H and O–H groups in total. The van der Waals surface area contributed by atoms with E-state index in [1.807, 2.05) is 39.0 Å². The van der Waals surface area contributed by atoms with Gasteiger partial charge in [0, 0.05) is 50.7 Å². The lowest BCUT2D eigenvalue weighted by Crippen LogP contribution is -2.62. The van der Waals surface area contributed by atoms with Crippen LogP contribution >= 0.6 is 0 Å². The van der Waals surface area contributed by atoms with Crippen molar-refractivity contribution in [3.8, 4) is 5.75 Å². The first-order valence-corrected chi connectivity index (χ1v) is 27.9. The molecule has 11 fully saturated rings. The van der Waals surface area contributed by atoms with E-state index in [4.69, 9.17) is 18.9 Å². The first-order valence-electron chi connectivity index (χ1n) is 27.9. The third-order valence-electron chi connectivity index (χ3n) is 19.7. The van der Waals surface area contributed by atoms with Gasteiger partial charge >= 0.3 is 23.9 Å². The average Bonchev–Trinajstić information content (AvgIpc) is 4.04. The predicted octanol–water partition coefficient (Wildman–Crippen LogP) is 8.68. The van der Waals surface area contributed by atoms with Gasteiger partial charge in [-0.1, -0.05) is 37.5 Å². The molecule has 9 atom stereocenters. The summed E-state index contributed by atoms with van der Waals surface area (Å²) >= 11 is 0. The van der Waals surface area contributed by atoms with Crippen LogP contribution in [0.2, 0.25) is 0 Å². The molecule has 0 aromatic heterocycles. The maximum absolute atomic E-state index is 12.7. The van der Waals surface area contributed by atoms with Gasteiger partial charge < -0.3 is 43.9 Å². The first kappa shape index (κ1) is 50.7. The summed E-state index contributed by atoms with van der Waals surface area (Å²) in [5, 5.41) is 22.7. The molecular formula is C58H83N3O10. The maximum atomic E-state index is 12.7. The Bertz CT molecular complexity index is 2290. The topological polar surface area (TPSA) is 155 Å². The summed E-state index contributed by atoms with van der Waals surface area (Å²) in [5.74, 6) is 1.00. The van der Waals surface area contributed by atoms with E-state index in [0.717, 1.165) is 120 Å². The van der Waals surface area contributed by atoms with Crippen LogP contribution in [-0.4, -0.2) is 131 Å². The van der Waals surface area contributed by atoms with Crippen molar-refractivity contribution < 1.29 is 48.3 Å². The standard InChI is InChI=1S/C21H33NO3.C21H25NO3.C16H25NO4/c1-19(12-17(18(23)25-19)13-22-5-3-2-4-6-22)20-8-15-7-16(9-20)11-21(24,10-15)14-20;1-21(18-7-5-16-12-19(23)8-6-15(16)11-18)13-17(20(24)25-21)14-22-9-3-2-4-10-22;1-15(6-9-20-14(15)19)16(2)10-12(13(18)21-16)11-17-7-4-3-5-8-17/h15-17,24H,2-14H2,1H3;5-8,11-12,17,23H,2-4,9-10,13-14H2,1H3;12H,3-11H2,1-2H3. The van der Waals surface area contributed by atoms with Crippen molar-refractivity contribution in [2.24, 2.45) is 40.4 Å². The molecule has 13 heteroatoms. The Morgan fingerprint density at radius 1 is 0.563 bits per heavy atom. The van der Waals surface area contributed by atoms with Crippen LogP contribution in [0.5, 0.6) is 5.75 Å². The number of carbonyl (C=O) groups excluding carboxylic acids is 4. The van der Waals surface area contributed by atoms with Crippen LogP contribution in [0.15, 0.2) is 36.4 Å². The van der Waals surface area contributed by atoms with E-state index in [1.165, 1.54) is 64.2 Å². The second-order valence-electron chi connectivity index (χ2n) is 25.2. The van der Waals surface area contributed by atoms with Crippen LogP contribution in [0, 0.1) is 40.4 Å². The Kier molecular flexibility index (Phi) is 14.2. The van der Waals surface area contributed by atoms with Gasteiger partial charge in [0.2, 0.25) is 0 Å². The second-order valence-corrected chi connectivity index (χ2v) is 25.2. The quantitative estimate of drug-likeness (QED) is 0.182. The number of fused-ring (bicyclic) bond motifs is 1. The number of cyclic esters (lactones) is 4. The number of hydrogen-bond acceptors (Lipinski definition) is 13. The van der Waals surface area contributed by atoms with Crippen LogP contribution in [-0.2, 0) is 43.7 Å². The van der Waals surface area contributed by atoms with Crippen molar-refractivity contribution in [1.29, 1.82) is 0 Å². The van der Waals surface area contributed by atoms with Gasteiger partial charge in [-0.05, 0) is 190 Å². The fourth-order valence-corrected chi connectivity index (χ4v) is 15.8. The van der Waals surface area contributed by atoms with Gasteiger partial charge in [-0.2, -0.15) is 0 Å². The number of phenols is 1. The molecule has 7 aliphatic heterocycles. The molecule has 13 nitrogen and oxygen atoms in total. The molecule has 13 rings (SSSR count). The zero-order chi connectivity index (χ0) is 49.8. The zero-order valence-corrected chi connectivity index (χ0v) is 43.4. The Balaban J connectivity index is 0.000000124. The number of phenolic OH excluding ortho intramolecular Hbond substituents is 1. The highest BCUT2D eigenvalue weighted by molar-refractivity contribution is 5.85. The molecule has 390 valence electrons. The summed E-state index contributed by atoms with van der Waals surface area (Å²) in [6, 6.07) is 11.4. The second kappa shape index (κ2) is 19.8. The van der Waals surface area contributed by atoms with Gasteiger partial charge in [0.25, 0.3) is 0 Å². The molecule has 9 unspecified atom stereocenters. The monoisotopic (exact) mass is 982 g/mol. The number of piperidine rings is 3. The van der Waals surface area contributed by atoms with Crippen molar-refractivity contribution in [2.45, 2.75) is 172 Å². The largest absolute Gasteiger partial charge is 0.508 e. The van der Waals surface area contributed by atoms with E-state index in [-0.39, 0.29) is 58.4 Å². The molecule has 2 aromatic rings. The lowest BCUT2D eigenvalue weighted by atomic mass is 9.44. The van der Waals surface area contributed by atoms with Gasteiger partial charge in [-0.3, -0.25) is 19.2 Å². The van der Waals surface area contributed by atoms with E-state index in [2.05, 4.69) is 27.7 Å². The summed E-state index contributed by atoms with van der Waals surface area (Å²) < 4.78 is 22.8. The predicted molar refractivity (Wildman–Crippen MR) is 269 cm³/mol. The van der Waals surface area contributed by atoms with E-state index >= 15 is 0 Å². The summed E-state index contributed by atoms with van der Waals surface area (Å²) in [6.45, 7) is 17.5. The Morgan fingerprint density at radius 2 is 1.04 bits per heavy atom. The minimum Gasteiger partial charge on any atom is -0.508 e. The Morgan fingerprint density at radius 3 is 1.56 bits per heavy atom. The minimum absolute atomic E-state index is 0.0239. The SMILES string of the molecule is CC1(C2(C)CCOC2=O)CC(CN2CCCCC2)C(=O)O1.CC1(C23CC4CC(CC(O)(C4)C2)C3)CC(CN2CCCCC2)C(=O)O1.CC1(c2ccc3cc(O)ccc3c2)CC(CN2CCCCC2)C(=O)O1. The molecular weight excluding hydrogens is 899 g/mol. The van der Waals surface area contributed by atoms with Crippen LogP contribution in [0.3, 0.4) is 0 Å². The number of likely N-dealkylation sites (tertiary alicyclic amines) is 3. The van der Waals surface area contributed by atoms with Gasteiger partial charge in [0.1, 0.15) is 28.0 Å². The first-order chi connectivity index (χ1) is 33.9. The molecule has 7 saturated heterocycles. The highest BCUT2D eigenvalue weighted by atomic mass is 16.6. The van der Waals surface area contributed by atoms with Crippen molar-refractivity contribution in [3.05, 3.63) is 42.0 Å². The Hall–Kier alpha value is -3.78. The highest BCUT2D eigenvalue weighted by Crippen LogP contribution is 2.67. The third-order valence-corrected chi connectivity index (χ3v) is 19.7. The lowest BCUT2D eigenvalue weighted by molar-refractivity contribution is -0.226. The third kappa shape index (κ3) is 10.3. The van der Waals surface area contributed by atoms with Gasteiger partial charge in [-0.15, -0.1) is 0 Å². The molecule has 0 spiro atoms. The van der Waals surface area contributed by atoms with Crippen LogP contribution in [0.1, 0.15) is 155 Å². The van der Waals surface area contributed by atoms with Crippen LogP contribution in [0.4, 0.5) is 0 Å². The van der Waals surface area contributed by atoms with Gasteiger partial charge in [-0.25, -0.2) is 0 Å². The van der Waals surface area contributed by atoms with Gasteiger partial charge in [0.15, 0.2) is 0 Å². The molecule has 4 aliphatic carbocycles. The smallest absolute Gasteiger partial charge is 0.315 e. The number of ether oxygens (including phenoxy) is 4. The number of aliphatic hydroxyl groups is 1. The van der Waals surface area contributed by atoms with E-state index in [1.54, 1.807) is 12.1 Å². The van der Waals surface area contributed by atoms with Crippen molar-refractivity contribution in [3.63, 3.8) is 0 Å². The number of hydrogen-bond donors (Lipinski definition) is 2. The number of carbonyl (C=O) groups is 4. The van der Waals surface area contributed by atoms with Crippen molar-refractivity contribution >= 4 is 34.6 Å². The molecule has 0 amide bonds. The van der Waals surface area contributed by atoms with Crippen LogP contribution < -0.4 is 0 Å². The van der Waals surface area contributed by atoms with Crippen molar-refractivity contribution in [1.82, 2.24) is 14.7 Å². The van der Waals surface area contributed by atoms with E-state index < -0.39 is 22.2 Å². The number of benzene rings is 2.